The summed E-state index contributed by atoms with van der Waals surface area (Å²) >= 11 is 0. The second-order valence-corrected chi connectivity index (χ2v) is 13.4. The van der Waals surface area contributed by atoms with E-state index in [9.17, 15) is 9.59 Å². The third-order valence-corrected chi connectivity index (χ3v) is 8.78. The molecule has 0 saturated heterocycles. The molecule has 0 aromatic heterocycles. The summed E-state index contributed by atoms with van der Waals surface area (Å²) in [6, 6.07) is 0. The zero-order valence-corrected chi connectivity index (χ0v) is 29.5. The zero-order valence-electron chi connectivity index (χ0n) is 29.5. The number of hydrogen-bond acceptors (Lipinski definition) is 4. The second-order valence-electron chi connectivity index (χ2n) is 13.4. The molecule has 0 radical (unpaired) electrons. The third kappa shape index (κ3) is 35.3. The van der Waals surface area contributed by atoms with Crippen LogP contribution in [0.15, 0.2) is 0 Å². The molecule has 0 spiro atoms. The highest BCUT2D eigenvalue weighted by Crippen LogP contribution is 2.15. The van der Waals surface area contributed by atoms with E-state index < -0.39 is 0 Å². The molecule has 0 unspecified atom stereocenters. The van der Waals surface area contributed by atoms with Gasteiger partial charge >= 0.3 is 11.9 Å². The molecule has 0 heterocycles. The summed E-state index contributed by atoms with van der Waals surface area (Å²) in [7, 11) is 0. The molecule has 0 fully saturated rings. The minimum Gasteiger partial charge on any atom is -0.462 e. The molecule has 0 aromatic rings. The van der Waals surface area contributed by atoms with E-state index in [-0.39, 0.29) is 24.6 Å². The normalized spacial score (nSPS) is 12.0. The van der Waals surface area contributed by atoms with Crippen LogP contribution in [0.4, 0.5) is 0 Å². The standard InChI is InChI=1S/C39H76O4/c1-4-6-8-10-12-14-16-18-20-22-24-26-28-30-32-34-38(40)42-36-37(3)43-39(41)35-33-31-29-27-25-23-21-19-17-15-13-11-9-7-5-2/h37H,4-36H2,1-3H3/t37-/m0/s1. The van der Waals surface area contributed by atoms with Gasteiger partial charge in [0.2, 0.25) is 0 Å². The lowest BCUT2D eigenvalue weighted by Crippen LogP contribution is -2.22. The van der Waals surface area contributed by atoms with Crippen molar-refractivity contribution in [2.75, 3.05) is 6.61 Å². The van der Waals surface area contributed by atoms with Crippen LogP contribution < -0.4 is 0 Å². The molecular weight excluding hydrogens is 532 g/mol. The Labute approximate surface area is 269 Å². The number of esters is 2. The molecule has 256 valence electrons. The number of rotatable bonds is 35. The summed E-state index contributed by atoms with van der Waals surface area (Å²) in [5.74, 6) is -0.333. The van der Waals surface area contributed by atoms with Gasteiger partial charge in [0.05, 0.1) is 0 Å². The molecule has 0 bridgehead atoms. The number of ether oxygens (including phenoxy) is 2. The summed E-state index contributed by atoms with van der Waals surface area (Å²) in [5.41, 5.74) is 0. The van der Waals surface area contributed by atoms with Crippen molar-refractivity contribution in [2.45, 2.75) is 232 Å². The van der Waals surface area contributed by atoms with Crippen LogP contribution >= 0.6 is 0 Å². The largest absolute Gasteiger partial charge is 0.462 e. The maximum atomic E-state index is 12.1. The lowest BCUT2D eigenvalue weighted by Gasteiger charge is -2.13. The van der Waals surface area contributed by atoms with Crippen molar-refractivity contribution in [3.05, 3.63) is 0 Å². The molecule has 4 nitrogen and oxygen atoms in total. The Morgan fingerprint density at radius 1 is 0.395 bits per heavy atom. The maximum absolute atomic E-state index is 12.1. The molecule has 0 rings (SSSR count). The Bertz CT molecular complexity index is 576. The molecule has 0 aliphatic carbocycles. The molecular formula is C39H76O4. The van der Waals surface area contributed by atoms with Crippen LogP contribution in [0.5, 0.6) is 0 Å². The Hall–Kier alpha value is -1.06. The van der Waals surface area contributed by atoms with E-state index in [0.717, 1.165) is 25.7 Å². The Morgan fingerprint density at radius 2 is 0.651 bits per heavy atom. The molecule has 4 heteroatoms. The molecule has 1 atom stereocenters. The topological polar surface area (TPSA) is 52.6 Å². The van der Waals surface area contributed by atoms with Crippen molar-refractivity contribution in [1.82, 2.24) is 0 Å². The third-order valence-electron chi connectivity index (χ3n) is 8.78. The number of carbonyl (C=O) groups excluding carboxylic acids is 2. The van der Waals surface area contributed by atoms with Crippen molar-refractivity contribution in [2.24, 2.45) is 0 Å². The highest BCUT2D eigenvalue weighted by atomic mass is 16.6. The number of carbonyl (C=O) groups is 2. The van der Waals surface area contributed by atoms with Gasteiger partial charge < -0.3 is 9.47 Å². The first-order valence-corrected chi connectivity index (χ1v) is 19.4. The highest BCUT2D eigenvalue weighted by Gasteiger charge is 2.12. The van der Waals surface area contributed by atoms with Crippen molar-refractivity contribution >= 4 is 11.9 Å². The van der Waals surface area contributed by atoms with Crippen LogP contribution in [0.3, 0.4) is 0 Å². The van der Waals surface area contributed by atoms with Crippen molar-refractivity contribution in [1.29, 1.82) is 0 Å². The van der Waals surface area contributed by atoms with Crippen LogP contribution in [0.2, 0.25) is 0 Å². The zero-order chi connectivity index (χ0) is 31.5. The maximum Gasteiger partial charge on any atom is 0.306 e. The van der Waals surface area contributed by atoms with Crippen molar-refractivity contribution < 1.29 is 19.1 Å². The summed E-state index contributed by atoms with van der Waals surface area (Å²) in [6.07, 6.45) is 40.1. The minimum absolute atomic E-state index is 0.166. The smallest absolute Gasteiger partial charge is 0.306 e. The molecule has 0 aliphatic heterocycles. The van der Waals surface area contributed by atoms with Gasteiger partial charge in [-0.1, -0.05) is 194 Å². The van der Waals surface area contributed by atoms with Crippen molar-refractivity contribution in [3.63, 3.8) is 0 Å². The Balaban J connectivity index is 3.38. The van der Waals surface area contributed by atoms with Gasteiger partial charge in [-0.25, -0.2) is 0 Å². The Kier molecular flexibility index (Phi) is 34.5. The first-order valence-electron chi connectivity index (χ1n) is 19.4. The van der Waals surface area contributed by atoms with Gasteiger partial charge in [0.15, 0.2) is 0 Å². The molecule has 43 heavy (non-hydrogen) atoms. The lowest BCUT2D eigenvalue weighted by molar-refractivity contribution is -0.158. The monoisotopic (exact) mass is 609 g/mol. The average Bonchev–Trinajstić information content (AvgIpc) is 3.00. The van der Waals surface area contributed by atoms with E-state index in [1.54, 1.807) is 0 Å². The second kappa shape index (κ2) is 35.4. The fraction of sp³-hybridized carbons (Fsp3) is 0.949. The van der Waals surface area contributed by atoms with Crippen LogP contribution in [-0.4, -0.2) is 24.6 Å². The summed E-state index contributed by atoms with van der Waals surface area (Å²) in [5, 5.41) is 0. The fourth-order valence-corrected chi connectivity index (χ4v) is 5.88. The summed E-state index contributed by atoms with van der Waals surface area (Å²) in [6.45, 7) is 6.53. The average molecular weight is 609 g/mol. The van der Waals surface area contributed by atoms with Gasteiger partial charge in [0.1, 0.15) is 12.7 Å². The van der Waals surface area contributed by atoms with Gasteiger partial charge in [-0.3, -0.25) is 9.59 Å². The van der Waals surface area contributed by atoms with Crippen LogP contribution in [-0.2, 0) is 19.1 Å². The molecule has 0 saturated carbocycles. The fourth-order valence-electron chi connectivity index (χ4n) is 5.88. The molecule has 0 amide bonds. The van der Waals surface area contributed by atoms with Crippen LogP contribution in [0.25, 0.3) is 0 Å². The van der Waals surface area contributed by atoms with Crippen LogP contribution in [0.1, 0.15) is 226 Å². The van der Waals surface area contributed by atoms with E-state index >= 15 is 0 Å². The number of unbranched alkanes of at least 4 members (excludes halogenated alkanes) is 28. The first kappa shape index (κ1) is 41.9. The molecule has 0 aliphatic rings. The van der Waals surface area contributed by atoms with Gasteiger partial charge in [0.25, 0.3) is 0 Å². The molecule has 0 aromatic carbocycles. The summed E-state index contributed by atoms with van der Waals surface area (Å²) in [4.78, 5) is 24.1. The van der Waals surface area contributed by atoms with Gasteiger partial charge in [-0.05, 0) is 19.8 Å². The predicted octanol–water partition coefficient (Wildman–Crippen LogP) is 13.0. The van der Waals surface area contributed by atoms with E-state index in [1.807, 2.05) is 6.92 Å². The Morgan fingerprint density at radius 3 is 0.953 bits per heavy atom. The SMILES string of the molecule is CCCCCCCCCCCCCCCCCC(=O)OC[C@H](C)OC(=O)CCCCCCCCCCCCCCCCC. The predicted molar refractivity (Wildman–Crippen MR) is 186 cm³/mol. The van der Waals surface area contributed by atoms with E-state index in [2.05, 4.69) is 13.8 Å². The van der Waals surface area contributed by atoms with E-state index in [4.69, 9.17) is 9.47 Å². The first-order chi connectivity index (χ1) is 21.1. The quantitative estimate of drug-likeness (QED) is 0.0530. The van der Waals surface area contributed by atoms with Gasteiger partial charge in [-0.15, -0.1) is 0 Å². The minimum atomic E-state index is -0.367. The number of hydrogen-bond donors (Lipinski definition) is 0. The lowest BCUT2D eigenvalue weighted by atomic mass is 10.0. The van der Waals surface area contributed by atoms with Gasteiger partial charge in [-0.2, -0.15) is 0 Å². The van der Waals surface area contributed by atoms with Gasteiger partial charge in [0, 0.05) is 12.8 Å². The van der Waals surface area contributed by atoms with E-state index in [0.29, 0.717) is 12.8 Å². The molecule has 0 N–H and O–H groups in total. The van der Waals surface area contributed by atoms with E-state index in [1.165, 1.54) is 167 Å². The van der Waals surface area contributed by atoms with Crippen LogP contribution in [0, 0.1) is 0 Å². The highest BCUT2D eigenvalue weighted by molar-refractivity contribution is 5.70. The summed E-state index contributed by atoms with van der Waals surface area (Å²) < 4.78 is 10.8. The van der Waals surface area contributed by atoms with Crippen molar-refractivity contribution in [3.8, 4) is 0 Å².